The second-order valence-corrected chi connectivity index (χ2v) is 9.43. The van der Waals surface area contributed by atoms with E-state index in [1.807, 2.05) is 25.1 Å². The van der Waals surface area contributed by atoms with E-state index >= 15 is 0 Å². The Morgan fingerprint density at radius 3 is 2.63 bits per heavy atom. The van der Waals surface area contributed by atoms with Crippen LogP contribution >= 0.6 is 22.9 Å². The van der Waals surface area contributed by atoms with Crippen molar-refractivity contribution < 1.29 is 17.2 Å². The summed E-state index contributed by atoms with van der Waals surface area (Å²) in [5, 5.41) is 3.97. The Morgan fingerprint density at radius 1 is 1.20 bits per heavy atom. The van der Waals surface area contributed by atoms with Crippen molar-refractivity contribution in [2.24, 2.45) is 0 Å². The molecule has 0 spiro atoms. The van der Waals surface area contributed by atoms with Crippen LogP contribution in [0.4, 0.5) is 20.3 Å². The van der Waals surface area contributed by atoms with Crippen molar-refractivity contribution in [1.82, 2.24) is 9.88 Å². The summed E-state index contributed by atoms with van der Waals surface area (Å²) in [5.74, 6) is -1.41. The largest absolute Gasteiger partial charge is 0.380 e. The number of nitrogens with one attached hydrogen (secondary N) is 2. The van der Waals surface area contributed by atoms with Gasteiger partial charge < -0.3 is 10.2 Å². The predicted octanol–water partition coefficient (Wildman–Crippen LogP) is 4.55. The minimum Gasteiger partial charge on any atom is -0.380 e. The van der Waals surface area contributed by atoms with Gasteiger partial charge in [-0.25, -0.2) is 22.2 Å². The minimum absolute atomic E-state index is 0.0537. The van der Waals surface area contributed by atoms with Crippen molar-refractivity contribution in [2.75, 3.05) is 24.1 Å². The molecule has 1 aromatic heterocycles. The van der Waals surface area contributed by atoms with Crippen molar-refractivity contribution in [1.29, 1.82) is 0 Å². The van der Waals surface area contributed by atoms with Crippen LogP contribution in [0.1, 0.15) is 11.1 Å². The summed E-state index contributed by atoms with van der Waals surface area (Å²) in [5.41, 5.74) is 2.79. The first-order valence-electron chi connectivity index (χ1n) is 8.73. The molecule has 1 heterocycles. The number of rotatable bonds is 8. The van der Waals surface area contributed by atoms with E-state index in [9.17, 15) is 17.2 Å². The smallest absolute Gasteiger partial charge is 0.266 e. The molecule has 0 radical (unpaired) electrons. The van der Waals surface area contributed by atoms with Crippen molar-refractivity contribution in [3.8, 4) is 0 Å². The molecule has 0 saturated carbocycles. The molecule has 0 aliphatic heterocycles. The van der Waals surface area contributed by atoms with Gasteiger partial charge in [-0.05, 0) is 37.9 Å². The number of hydrogen-bond acceptors (Lipinski definition) is 6. The van der Waals surface area contributed by atoms with Crippen molar-refractivity contribution in [2.45, 2.75) is 18.0 Å². The fourth-order valence-electron chi connectivity index (χ4n) is 2.81. The van der Waals surface area contributed by atoms with Gasteiger partial charge in [0.15, 0.2) is 11.6 Å². The molecule has 0 unspecified atom stereocenters. The number of nitrogens with zero attached hydrogens (tertiary/aromatic N) is 2. The van der Waals surface area contributed by atoms with Crippen LogP contribution in [0.2, 0.25) is 5.02 Å². The Bertz CT molecular complexity index is 1140. The van der Waals surface area contributed by atoms with Gasteiger partial charge in [0.25, 0.3) is 10.0 Å². The maximum absolute atomic E-state index is 14.8. The molecule has 0 aliphatic carbocycles. The van der Waals surface area contributed by atoms with E-state index in [1.54, 1.807) is 6.07 Å². The lowest BCUT2D eigenvalue weighted by Crippen LogP contribution is -2.16. The van der Waals surface area contributed by atoms with Crippen LogP contribution in [-0.2, 0) is 23.1 Å². The zero-order valence-corrected chi connectivity index (χ0v) is 18.5. The molecule has 0 amide bonds. The number of aromatic nitrogens is 1. The lowest BCUT2D eigenvalue weighted by Gasteiger charge is -2.17. The van der Waals surface area contributed by atoms with Crippen LogP contribution in [0, 0.1) is 11.6 Å². The van der Waals surface area contributed by atoms with Crippen LogP contribution in [0.15, 0.2) is 46.1 Å². The molecule has 0 bridgehead atoms. The third kappa shape index (κ3) is 5.07. The van der Waals surface area contributed by atoms with E-state index in [0.717, 1.165) is 11.6 Å². The number of thiazole rings is 1. The van der Waals surface area contributed by atoms with Crippen molar-refractivity contribution in [3.05, 3.63) is 69.0 Å². The van der Waals surface area contributed by atoms with Crippen LogP contribution in [-0.4, -0.2) is 32.4 Å². The van der Waals surface area contributed by atoms with Crippen LogP contribution in [0.25, 0.3) is 0 Å². The Hall–Kier alpha value is -2.27. The van der Waals surface area contributed by atoms with Gasteiger partial charge in [-0.2, -0.15) is 0 Å². The van der Waals surface area contributed by atoms with Crippen molar-refractivity contribution in [3.63, 3.8) is 0 Å². The molecule has 0 fully saturated rings. The Kier molecular flexibility index (Phi) is 6.91. The van der Waals surface area contributed by atoms with Gasteiger partial charge >= 0.3 is 0 Å². The first kappa shape index (κ1) is 22.4. The number of anilines is 2. The third-order valence-corrected chi connectivity index (χ3v) is 6.49. The topological polar surface area (TPSA) is 74.3 Å². The summed E-state index contributed by atoms with van der Waals surface area (Å²) in [6, 6.07) is 7.22. The molecular weight excluding hydrogens is 454 g/mol. The normalized spacial score (nSPS) is 11.7. The summed E-state index contributed by atoms with van der Waals surface area (Å²) >= 11 is 7.27. The average molecular weight is 473 g/mol. The van der Waals surface area contributed by atoms with E-state index in [2.05, 4.69) is 15.0 Å². The molecule has 2 N–H and O–H groups in total. The second-order valence-electron chi connectivity index (χ2n) is 6.69. The SMILES string of the molecule is CN(C)Cc1cccc(F)c1CNc1ccc(S(=O)(=O)Nc2cscn2)c(F)c1Cl. The summed E-state index contributed by atoms with van der Waals surface area (Å²) in [6.45, 7) is 0.578. The van der Waals surface area contributed by atoms with Gasteiger partial charge in [0, 0.05) is 24.0 Å². The van der Waals surface area contributed by atoms with Gasteiger partial charge in [-0.3, -0.25) is 4.72 Å². The highest BCUT2D eigenvalue weighted by molar-refractivity contribution is 7.92. The second kappa shape index (κ2) is 9.25. The third-order valence-electron chi connectivity index (χ3n) is 4.17. The number of hydrogen-bond donors (Lipinski definition) is 2. The lowest BCUT2D eigenvalue weighted by atomic mass is 10.1. The zero-order chi connectivity index (χ0) is 21.9. The molecule has 0 saturated heterocycles. The van der Waals surface area contributed by atoms with Gasteiger partial charge in [0.2, 0.25) is 0 Å². The van der Waals surface area contributed by atoms with E-state index in [0.29, 0.717) is 12.1 Å². The molecule has 6 nitrogen and oxygen atoms in total. The molecule has 3 aromatic rings. The lowest BCUT2D eigenvalue weighted by molar-refractivity contribution is 0.399. The van der Waals surface area contributed by atoms with Crippen molar-refractivity contribution >= 4 is 44.5 Å². The molecular formula is C19H19ClF2N4O2S2. The van der Waals surface area contributed by atoms with Gasteiger partial charge in [0.1, 0.15) is 15.7 Å². The average Bonchev–Trinajstić information content (AvgIpc) is 3.16. The number of sulfonamides is 1. The van der Waals surface area contributed by atoms with Crippen LogP contribution in [0.5, 0.6) is 0 Å². The summed E-state index contributed by atoms with van der Waals surface area (Å²) in [7, 11) is -0.469. The molecule has 11 heteroatoms. The quantitative estimate of drug-likeness (QED) is 0.503. The molecule has 160 valence electrons. The minimum atomic E-state index is -4.21. The molecule has 30 heavy (non-hydrogen) atoms. The number of halogens is 3. The summed E-state index contributed by atoms with van der Waals surface area (Å²) in [6.07, 6.45) is 0. The standard InChI is InChI=1S/C19H19ClF2N4O2S2/c1-26(2)9-12-4-3-5-14(21)13(12)8-23-15-6-7-16(19(22)18(15)20)30(27,28)25-17-10-29-11-24-17/h3-7,10-11,23,25H,8-9H2,1-2H3. The molecule has 3 rings (SSSR count). The Morgan fingerprint density at radius 2 is 1.97 bits per heavy atom. The predicted molar refractivity (Wildman–Crippen MR) is 115 cm³/mol. The zero-order valence-electron chi connectivity index (χ0n) is 16.1. The number of benzene rings is 2. The van der Waals surface area contributed by atoms with Gasteiger partial charge in [-0.1, -0.05) is 23.7 Å². The van der Waals surface area contributed by atoms with Crippen LogP contribution < -0.4 is 10.0 Å². The summed E-state index contributed by atoms with van der Waals surface area (Å²) in [4.78, 5) is 5.11. The maximum Gasteiger partial charge on any atom is 0.266 e. The first-order valence-corrected chi connectivity index (χ1v) is 11.5. The van der Waals surface area contributed by atoms with Gasteiger partial charge in [0.05, 0.1) is 11.2 Å². The molecule has 0 atom stereocenters. The highest BCUT2D eigenvalue weighted by atomic mass is 35.5. The monoisotopic (exact) mass is 472 g/mol. The Balaban J connectivity index is 1.84. The molecule has 2 aromatic carbocycles. The highest BCUT2D eigenvalue weighted by Crippen LogP contribution is 2.31. The highest BCUT2D eigenvalue weighted by Gasteiger charge is 2.23. The first-order chi connectivity index (χ1) is 14.2. The molecule has 0 aliphatic rings. The van der Waals surface area contributed by atoms with E-state index < -0.39 is 31.6 Å². The van der Waals surface area contributed by atoms with E-state index in [-0.39, 0.29) is 18.1 Å². The summed E-state index contributed by atoms with van der Waals surface area (Å²) < 4.78 is 56.1. The maximum atomic E-state index is 14.8. The van der Waals surface area contributed by atoms with Crippen LogP contribution in [0.3, 0.4) is 0 Å². The van der Waals surface area contributed by atoms with E-state index in [4.69, 9.17) is 11.6 Å². The fourth-order valence-corrected chi connectivity index (χ4v) is 4.73. The van der Waals surface area contributed by atoms with E-state index in [1.165, 1.54) is 34.4 Å². The fraction of sp³-hybridized carbons (Fsp3) is 0.211. The Labute approximate surface area is 182 Å². The van der Waals surface area contributed by atoms with Gasteiger partial charge in [-0.15, -0.1) is 11.3 Å².